The normalized spacial score (nSPS) is 30.5. The van der Waals surface area contributed by atoms with Gasteiger partial charge in [-0.3, -0.25) is 0 Å². The fourth-order valence-electron chi connectivity index (χ4n) is 7.44. The Morgan fingerprint density at radius 2 is 1.41 bits per heavy atom. The first-order valence-corrected chi connectivity index (χ1v) is 12.6. The molecule has 2 aromatic rings. The number of benzene rings is 2. The third-order valence-electron chi connectivity index (χ3n) is 8.90. The highest BCUT2D eigenvalue weighted by atomic mass is 15.6. The molecule has 2 aromatic carbocycles. The van der Waals surface area contributed by atoms with E-state index in [0.717, 1.165) is 49.0 Å². The van der Waals surface area contributed by atoms with E-state index in [1.54, 1.807) is 0 Å². The first-order chi connectivity index (χ1) is 16.5. The van der Waals surface area contributed by atoms with Crippen LogP contribution in [0.15, 0.2) is 76.9 Å². The summed E-state index contributed by atoms with van der Waals surface area (Å²) in [6.07, 6.45) is 6.20. The van der Waals surface area contributed by atoms with Gasteiger partial charge in [-0.25, -0.2) is 5.01 Å². The quantitative estimate of drug-likeness (QED) is 0.507. The van der Waals surface area contributed by atoms with Gasteiger partial charge in [-0.05, 0) is 53.4 Å². The molecule has 6 rings (SSSR count). The van der Waals surface area contributed by atoms with Gasteiger partial charge in [-0.15, -0.1) is 0 Å². The maximum Gasteiger partial charge on any atom is 0.252 e. The zero-order valence-electron chi connectivity index (χ0n) is 20.0. The molecule has 2 aliphatic heterocycles. The van der Waals surface area contributed by atoms with E-state index in [1.807, 2.05) is 29.3 Å². The molecule has 1 saturated carbocycles. The van der Waals surface area contributed by atoms with Gasteiger partial charge in [0.2, 0.25) is 0 Å². The highest BCUT2D eigenvalue weighted by Crippen LogP contribution is 2.75. The first-order valence-electron chi connectivity index (χ1n) is 12.6. The summed E-state index contributed by atoms with van der Waals surface area (Å²) in [4.78, 5) is 0. The van der Waals surface area contributed by atoms with Gasteiger partial charge in [0.25, 0.3) is 5.54 Å². The van der Waals surface area contributed by atoms with Crippen molar-refractivity contribution in [1.29, 1.82) is 10.5 Å². The van der Waals surface area contributed by atoms with Gasteiger partial charge in [0.15, 0.2) is 0 Å². The average Bonchev–Trinajstić information content (AvgIpc) is 3.36. The van der Waals surface area contributed by atoms with E-state index < -0.39 is 11.1 Å². The van der Waals surface area contributed by atoms with Gasteiger partial charge < -0.3 is 0 Å². The van der Waals surface area contributed by atoms with Crippen LogP contribution in [0.2, 0.25) is 0 Å². The number of fused-ring (bicyclic) bond motifs is 4. The van der Waals surface area contributed by atoms with Crippen LogP contribution in [0.3, 0.4) is 0 Å². The molecule has 0 radical (unpaired) electrons. The van der Waals surface area contributed by atoms with Crippen LogP contribution >= 0.6 is 0 Å². The second kappa shape index (κ2) is 7.31. The number of nitrogens with zero attached hydrogens (tertiary/aromatic N) is 4. The molecule has 0 N–H and O–H groups in total. The Bertz CT molecular complexity index is 1260. The topological polar surface area (TPSA) is 63.2 Å². The Hall–Kier alpha value is -3.37. The maximum absolute atomic E-state index is 10.7. The van der Waals surface area contributed by atoms with Gasteiger partial charge in [-0.2, -0.15) is 15.6 Å². The van der Waals surface area contributed by atoms with E-state index in [1.165, 1.54) is 17.6 Å². The Morgan fingerprint density at radius 1 is 0.824 bits per heavy atom. The van der Waals surface area contributed by atoms with Gasteiger partial charge in [-0.1, -0.05) is 87.4 Å². The molecular weight excluding hydrogens is 416 g/mol. The lowest BCUT2D eigenvalue weighted by atomic mass is 9.72. The fourth-order valence-corrected chi connectivity index (χ4v) is 7.44. The van der Waals surface area contributed by atoms with E-state index in [9.17, 15) is 10.5 Å². The minimum atomic E-state index is -1.37. The number of hydrogen-bond donors (Lipinski definition) is 0. The highest BCUT2D eigenvalue weighted by Gasteiger charge is 2.78. The van der Waals surface area contributed by atoms with Crippen molar-refractivity contribution in [2.75, 3.05) is 0 Å². The lowest BCUT2D eigenvalue weighted by Crippen LogP contribution is -2.55. The molecule has 4 aliphatic rings. The van der Waals surface area contributed by atoms with Crippen molar-refractivity contribution < 1.29 is 0 Å². The molecule has 34 heavy (non-hydrogen) atoms. The molecule has 3 atom stereocenters. The van der Waals surface area contributed by atoms with Crippen molar-refractivity contribution >= 4 is 5.71 Å². The molecule has 0 aromatic heterocycles. The smallest absolute Gasteiger partial charge is 0.244 e. The van der Waals surface area contributed by atoms with Crippen LogP contribution in [-0.4, -0.2) is 16.3 Å². The van der Waals surface area contributed by atoms with Crippen molar-refractivity contribution in [1.82, 2.24) is 5.01 Å². The maximum atomic E-state index is 10.7. The van der Waals surface area contributed by atoms with E-state index >= 15 is 0 Å². The Balaban J connectivity index is 1.70. The van der Waals surface area contributed by atoms with Crippen molar-refractivity contribution in [2.45, 2.75) is 63.5 Å². The SMILES string of the molecule is CC1(C)[C@@H]2C(c3ccccc3)=NN3C(C#N)(C#N)C4=C(CCCCCC4)[C@@]3(c3ccccc3)[C@@H]21. The summed E-state index contributed by atoms with van der Waals surface area (Å²) in [6.45, 7) is 4.69. The van der Waals surface area contributed by atoms with Gasteiger partial charge in [0, 0.05) is 11.8 Å². The van der Waals surface area contributed by atoms with Crippen LogP contribution < -0.4 is 0 Å². The van der Waals surface area contributed by atoms with Crippen molar-refractivity contribution in [2.24, 2.45) is 22.4 Å². The van der Waals surface area contributed by atoms with E-state index in [0.29, 0.717) is 0 Å². The largest absolute Gasteiger partial charge is 0.252 e. The van der Waals surface area contributed by atoms with E-state index in [2.05, 4.69) is 62.4 Å². The van der Waals surface area contributed by atoms with Gasteiger partial charge >= 0.3 is 0 Å². The predicted molar refractivity (Wildman–Crippen MR) is 132 cm³/mol. The van der Waals surface area contributed by atoms with Crippen molar-refractivity contribution in [3.05, 3.63) is 82.9 Å². The second-order valence-electron chi connectivity index (χ2n) is 10.9. The summed E-state index contributed by atoms with van der Waals surface area (Å²) in [5.41, 5.74) is 3.70. The average molecular weight is 447 g/mol. The molecule has 0 spiro atoms. The third-order valence-corrected chi connectivity index (χ3v) is 8.90. The number of nitriles is 2. The lowest BCUT2D eigenvalue weighted by molar-refractivity contribution is 0.0625. The van der Waals surface area contributed by atoms with Crippen LogP contribution in [-0.2, 0) is 5.54 Å². The second-order valence-corrected chi connectivity index (χ2v) is 10.9. The van der Waals surface area contributed by atoms with Crippen LogP contribution in [0.1, 0.15) is 63.5 Å². The minimum absolute atomic E-state index is 0.000729. The summed E-state index contributed by atoms with van der Waals surface area (Å²) in [5, 5.41) is 28.7. The van der Waals surface area contributed by atoms with Crippen molar-refractivity contribution in [3.63, 3.8) is 0 Å². The Kier molecular flexibility index (Phi) is 4.56. The molecule has 4 heteroatoms. The molecule has 170 valence electrons. The summed E-state index contributed by atoms with van der Waals surface area (Å²) >= 11 is 0. The van der Waals surface area contributed by atoms with Crippen LogP contribution in [0.5, 0.6) is 0 Å². The molecule has 2 aliphatic carbocycles. The number of rotatable bonds is 2. The van der Waals surface area contributed by atoms with Crippen LogP contribution in [0.25, 0.3) is 0 Å². The molecule has 0 unspecified atom stereocenters. The molecule has 1 fully saturated rings. The lowest BCUT2D eigenvalue weighted by Gasteiger charge is -2.46. The monoisotopic (exact) mass is 446 g/mol. The van der Waals surface area contributed by atoms with Crippen LogP contribution in [0.4, 0.5) is 0 Å². The number of hydrazone groups is 1. The molecule has 0 bridgehead atoms. The predicted octanol–water partition coefficient (Wildman–Crippen LogP) is 6.32. The van der Waals surface area contributed by atoms with Gasteiger partial charge in [0.1, 0.15) is 17.7 Å². The summed E-state index contributed by atoms with van der Waals surface area (Å²) in [5.74, 6) is 0.529. The summed E-state index contributed by atoms with van der Waals surface area (Å²) in [7, 11) is 0. The highest BCUT2D eigenvalue weighted by molar-refractivity contribution is 6.05. The van der Waals surface area contributed by atoms with Crippen molar-refractivity contribution in [3.8, 4) is 12.1 Å². The fraction of sp³-hybridized carbons (Fsp3) is 0.433. The Morgan fingerprint density at radius 3 is 2.03 bits per heavy atom. The standard InChI is InChI=1S/C30H30N4/c1-28(2)25-26(21-13-7-5-8-14-21)33-34-29(19-31,20-32)23-17-11-3-4-12-18-24(23)30(34,27(25)28)22-15-9-6-10-16-22/h5-10,13-16,25,27H,3-4,11-12,17-18H2,1-2H3/t25-,27+,30+/m1/s1. The summed E-state index contributed by atoms with van der Waals surface area (Å²) in [6, 6.07) is 26.0. The zero-order chi connectivity index (χ0) is 23.6. The molecule has 0 amide bonds. The third kappa shape index (κ3) is 2.49. The molecule has 0 saturated heterocycles. The van der Waals surface area contributed by atoms with E-state index in [-0.39, 0.29) is 17.3 Å². The number of hydrogen-bond acceptors (Lipinski definition) is 4. The van der Waals surface area contributed by atoms with Gasteiger partial charge in [0.05, 0.1) is 5.71 Å². The van der Waals surface area contributed by atoms with Crippen LogP contribution in [0, 0.1) is 39.9 Å². The zero-order valence-corrected chi connectivity index (χ0v) is 20.0. The van der Waals surface area contributed by atoms with E-state index in [4.69, 9.17) is 5.10 Å². The molecular formula is C30H30N4. The summed E-state index contributed by atoms with van der Waals surface area (Å²) < 4.78 is 0. The first kappa shape index (κ1) is 21.2. The molecule has 4 nitrogen and oxygen atoms in total. The molecule has 2 heterocycles. The minimum Gasteiger partial charge on any atom is -0.244 e. The Labute approximate surface area is 202 Å².